The minimum Gasteiger partial charge on any atom is -0.724 e. The number of carbonyl (C=O) groups is 1. The van der Waals surface area contributed by atoms with E-state index in [1.54, 1.807) is 0 Å². The minimum atomic E-state index is -4.70. The van der Waals surface area contributed by atoms with Crippen molar-refractivity contribution < 1.29 is 27.2 Å². The largest absolute Gasteiger partial charge is 0.724 e. The van der Waals surface area contributed by atoms with Crippen molar-refractivity contribution in [1.29, 1.82) is 0 Å². The molecule has 0 saturated heterocycles. The van der Waals surface area contributed by atoms with Gasteiger partial charge in [0, 0.05) is 10.5 Å². The SMILES string of the molecule is FC(Cl)Cl.O=C(NC(F)(F)F)c1ccc(S)cc1.[N-]=C=O. The third kappa shape index (κ3) is 16.7. The minimum absolute atomic E-state index is 0.0554. The van der Waals surface area contributed by atoms with Crippen LogP contribution in [0.25, 0.3) is 5.41 Å². The van der Waals surface area contributed by atoms with Gasteiger partial charge in [0.2, 0.25) is 5.09 Å². The number of halogens is 6. The lowest BCUT2D eigenvalue weighted by molar-refractivity contribution is -0.146. The molecule has 0 atom stereocenters. The molecule has 0 radical (unpaired) electrons. The van der Waals surface area contributed by atoms with Crippen molar-refractivity contribution in [3.63, 3.8) is 0 Å². The highest BCUT2D eigenvalue weighted by Gasteiger charge is 2.30. The molecule has 0 bridgehead atoms. The summed E-state index contributed by atoms with van der Waals surface area (Å²) in [5, 5.41) is 5.93. The van der Waals surface area contributed by atoms with Gasteiger partial charge in [-0.3, -0.25) is 14.9 Å². The van der Waals surface area contributed by atoms with Gasteiger partial charge in [0.1, 0.15) is 0 Å². The molecule has 118 valence electrons. The molecule has 0 aliphatic carbocycles. The quantitative estimate of drug-likeness (QED) is 0.198. The maximum absolute atomic E-state index is 11.7. The Morgan fingerprint density at radius 2 is 1.62 bits per heavy atom. The third-order valence-electron chi connectivity index (χ3n) is 1.38. The smallest absolute Gasteiger partial charge is 0.484 e. The molecule has 21 heavy (non-hydrogen) atoms. The van der Waals surface area contributed by atoms with E-state index in [0.29, 0.717) is 11.0 Å². The Morgan fingerprint density at radius 3 is 1.90 bits per heavy atom. The fourth-order valence-corrected chi connectivity index (χ4v) is 0.963. The third-order valence-corrected chi connectivity index (χ3v) is 1.68. The van der Waals surface area contributed by atoms with Crippen molar-refractivity contribution in [2.75, 3.05) is 0 Å². The lowest BCUT2D eigenvalue weighted by Gasteiger charge is -2.07. The second kappa shape index (κ2) is 11.4. The molecule has 0 aliphatic rings. The number of isocyanates is 1. The maximum atomic E-state index is 11.7. The number of hydrogen-bond donors (Lipinski definition) is 2. The second-order valence-electron chi connectivity index (χ2n) is 2.84. The molecule has 4 nitrogen and oxygen atoms in total. The van der Waals surface area contributed by atoms with Gasteiger partial charge in [-0.25, -0.2) is 4.39 Å². The molecule has 0 heterocycles. The highest BCUT2D eigenvalue weighted by Crippen LogP contribution is 2.12. The first-order valence-electron chi connectivity index (χ1n) is 4.65. The van der Waals surface area contributed by atoms with Crippen LogP contribution in [0.5, 0.6) is 0 Å². The molecular weight excluding hydrogens is 359 g/mol. The van der Waals surface area contributed by atoms with E-state index in [2.05, 4.69) is 35.8 Å². The number of amides is 1. The molecule has 0 saturated carbocycles. The van der Waals surface area contributed by atoms with Crippen LogP contribution >= 0.6 is 35.8 Å². The van der Waals surface area contributed by atoms with Gasteiger partial charge in [0.15, 0.2) is 0 Å². The molecule has 1 N–H and O–H groups in total. The normalized spacial score (nSPS) is 9.52. The lowest BCUT2D eigenvalue weighted by atomic mass is 10.2. The molecular formula is C10H7Cl2F4N2O2S-. The van der Waals surface area contributed by atoms with Crippen LogP contribution in [0.1, 0.15) is 10.4 Å². The highest BCUT2D eigenvalue weighted by atomic mass is 35.5. The summed E-state index contributed by atoms with van der Waals surface area (Å²) in [6.45, 7) is 0. The van der Waals surface area contributed by atoms with Crippen LogP contribution in [0.2, 0.25) is 0 Å². The van der Waals surface area contributed by atoms with Crippen LogP contribution in [0.4, 0.5) is 17.6 Å². The van der Waals surface area contributed by atoms with E-state index in [1.807, 2.05) is 0 Å². The Labute approximate surface area is 132 Å². The Morgan fingerprint density at radius 1 is 1.29 bits per heavy atom. The van der Waals surface area contributed by atoms with E-state index in [0.717, 1.165) is 5.32 Å². The van der Waals surface area contributed by atoms with E-state index in [4.69, 9.17) is 10.2 Å². The molecule has 1 aromatic rings. The van der Waals surface area contributed by atoms with Crippen LogP contribution in [0.3, 0.4) is 0 Å². The Bertz CT molecular complexity index is 460. The van der Waals surface area contributed by atoms with Gasteiger partial charge in [0.25, 0.3) is 5.91 Å². The van der Waals surface area contributed by atoms with Crippen molar-refractivity contribution in [1.82, 2.24) is 5.32 Å². The van der Waals surface area contributed by atoms with Crippen molar-refractivity contribution in [2.45, 2.75) is 16.3 Å². The summed E-state index contributed by atoms with van der Waals surface area (Å²) in [6, 6.07) is 5.41. The summed E-state index contributed by atoms with van der Waals surface area (Å²) < 4.78 is 45.7. The Balaban J connectivity index is 0. The zero-order valence-electron chi connectivity index (χ0n) is 9.87. The van der Waals surface area contributed by atoms with Gasteiger partial charge in [0.05, 0.1) is 0 Å². The summed E-state index contributed by atoms with van der Waals surface area (Å²) in [7, 11) is 0. The first kappa shape index (κ1) is 22.0. The number of alkyl halides is 6. The van der Waals surface area contributed by atoms with Gasteiger partial charge in [-0.15, -0.1) is 12.6 Å². The molecule has 0 aromatic heterocycles. The average Bonchev–Trinajstić information content (AvgIpc) is 2.27. The predicted molar refractivity (Wildman–Crippen MR) is 72.9 cm³/mol. The Hall–Kier alpha value is -1.28. The molecule has 1 amide bonds. The summed E-state index contributed by atoms with van der Waals surface area (Å²) in [5.41, 5.74) is -0.0554. The van der Waals surface area contributed by atoms with Crippen LogP contribution in [0.15, 0.2) is 29.2 Å². The zero-order valence-corrected chi connectivity index (χ0v) is 12.3. The van der Waals surface area contributed by atoms with Gasteiger partial charge in [-0.1, -0.05) is 23.2 Å². The molecule has 1 rings (SSSR count). The predicted octanol–water partition coefficient (Wildman–Crippen LogP) is 3.83. The number of nitrogens with zero attached hydrogens (tertiary/aromatic N) is 1. The second-order valence-corrected chi connectivity index (χ2v) is 4.34. The first-order valence-corrected chi connectivity index (χ1v) is 5.97. The summed E-state index contributed by atoms with van der Waals surface area (Å²) in [6.07, 6.45) is -4.20. The molecule has 11 heteroatoms. The molecule has 0 spiro atoms. The van der Waals surface area contributed by atoms with E-state index < -0.39 is 17.3 Å². The molecule has 1 aromatic carbocycles. The fraction of sp³-hybridized carbons (Fsp3) is 0.200. The van der Waals surface area contributed by atoms with Crippen molar-refractivity contribution in [3.05, 3.63) is 35.2 Å². The Kier molecular flexibility index (Phi) is 11.9. The van der Waals surface area contributed by atoms with E-state index in [-0.39, 0.29) is 5.56 Å². The number of rotatable bonds is 1. The fourth-order valence-electron chi connectivity index (χ4n) is 0.814. The van der Waals surface area contributed by atoms with Crippen molar-refractivity contribution in [3.8, 4) is 0 Å². The van der Waals surface area contributed by atoms with Gasteiger partial charge >= 0.3 is 6.30 Å². The number of thiol groups is 1. The van der Waals surface area contributed by atoms with Crippen molar-refractivity contribution >= 4 is 47.8 Å². The monoisotopic (exact) mass is 365 g/mol. The van der Waals surface area contributed by atoms with E-state index in [9.17, 15) is 22.4 Å². The topological polar surface area (TPSA) is 68.5 Å². The first-order chi connectivity index (χ1) is 9.53. The molecule has 0 aliphatic heterocycles. The van der Waals surface area contributed by atoms with Crippen LogP contribution in [0, 0.1) is 0 Å². The van der Waals surface area contributed by atoms with E-state index >= 15 is 0 Å². The number of carbonyl (C=O) groups excluding carboxylic acids is 2. The van der Waals surface area contributed by atoms with E-state index in [1.165, 1.54) is 24.3 Å². The van der Waals surface area contributed by atoms with Gasteiger partial charge < -0.3 is 5.41 Å². The van der Waals surface area contributed by atoms with Crippen LogP contribution < -0.4 is 5.32 Å². The van der Waals surface area contributed by atoms with Crippen LogP contribution in [-0.4, -0.2) is 23.4 Å². The molecule has 0 unspecified atom stereocenters. The average molecular weight is 366 g/mol. The number of nitrogens with one attached hydrogen (secondary N) is 1. The summed E-state index contributed by atoms with van der Waals surface area (Å²) in [5.74, 6) is -1.18. The number of benzene rings is 1. The highest BCUT2D eigenvalue weighted by molar-refractivity contribution is 7.80. The lowest BCUT2D eigenvalue weighted by Crippen LogP contribution is -2.37. The maximum Gasteiger partial charge on any atom is 0.484 e. The summed E-state index contributed by atoms with van der Waals surface area (Å²) in [4.78, 5) is 19.7. The number of hydrogen-bond acceptors (Lipinski definition) is 3. The molecule has 0 fully saturated rings. The zero-order chi connectivity index (χ0) is 17.1. The summed E-state index contributed by atoms with van der Waals surface area (Å²) >= 11 is 12.7. The van der Waals surface area contributed by atoms with Gasteiger partial charge in [-0.05, 0) is 30.3 Å². The van der Waals surface area contributed by atoms with Gasteiger partial charge in [-0.2, -0.15) is 13.2 Å². The standard InChI is InChI=1S/C8H6F3NOS.CHCl2F.CNO/c9-8(10,11)12-7(13)5-1-3-6(14)4-2-5;2-1(3)4;2-1-3/h1-4,14H,(H,12,13);1H;/q;;-1. The van der Waals surface area contributed by atoms with Crippen molar-refractivity contribution in [2.24, 2.45) is 0 Å². The van der Waals surface area contributed by atoms with Crippen LogP contribution in [-0.2, 0) is 4.79 Å².